The topological polar surface area (TPSA) is 94.3 Å². The molecule has 152 valence electrons. The Kier molecular flexibility index (Phi) is 5.30. The predicted molar refractivity (Wildman–Crippen MR) is 109 cm³/mol. The first-order chi connectivity index (χ1) is 14.1. The van der Waals surface area contributed by atoms with E-state index in [2.05, 4.69) is 15.3 Å². The molecule has 1 N–H and O–H groups in total. The van der Waals surface area contributed by atoms with E-state index >= 15 is 0 Å². The van der Waals surface area contributed by atoms with E-state index in [1.165, 1.54) is 11.8 Å². The second-order valence-electron chi connectivity index (χ2n) is 6.92. The van der Waals surface area contributed by atoms with Gasteiger partial charge in [-0.05, 0) is 24.6 Å². The Hall–Kier alpha value is -3.20. The fraction of sp³-hybridized carbons (Fsp3) is 0.400. The van der Waals surface area contributed by atoms with E-state index in [0.717, 1.165) is 37.7 Å². The van der Waals surface area contributed by atoms with Gasteiger partial charge in [0.05, 0.1) is 25.4 Å². The highest BCUT2D eigenvalue weighted by atomic mass is 16.5. The highest BCUT2D eigenvalue weighted by Crippen LogP contribution is 2.20. The van der Waals surface area contributed by atoms with Crippen LogP contribution in [-0.4, -0.2) is 58.6 Å². The molecule has 0 atom stereocenters. The molecule has 1 aliphatic rings. The van der Waals surface area contributed by atoms with Crippen molar-refractivity contribution in [2.75, 3.05) is 38.2 Å². The molecule has 9 heteroatoms. The van der Waals surface area contributed by atoms with Crippen LogP contribution in [-0.2, 0) is 17.8 Å². The maximum atomic E-state index is 13.2. The number of esters is 1. The molecular formula is C20H24N6O3. The summed E-state index contributed by atoms with van der Waals surface area (Å²) in [5.41, 5.74) is 2.35. The number of carbonyl (C=O) groups excluding carboxylic acids is 1. The molecule has 3 aromatic rings. The maximum absolute atomic E-state index is 13.2. The Morgan fingerprint density at radius 2 is 1.93 bits per heavy atom. The molecular weight excluding hydrogens is 372 g/mol. The van der Waals surface area contributed by atoms with Crippen LogP contribution in [0.5, 0.6) is 0 Å². The van der Waals surface area contributed by atoms with Crippen molar-refractivity contribution in [3.05, 3.63) is 51.9 Å². The van der Waals surface area contributed by atoms with E-state index in [1.807, 2.05) is 11.5 Å². The lowest BCUT2D eigenvalue weighted by atomic mass is 10.1. The fourth-order valence-electron chi connectivity index (χ4n) is 3.63. The van der Waals surface area contributed by atoms with E-state index in [4.69, 9.17) is 9.72 Å². The summed E-state index contributed by atoms with van der Waals surface area (Å²) < 4.78 is 8.12. The summed E-state index contributed by atoms with van der Waals surface area (Å²) in [6.45, 7) is 6.50. The number of rotatable bonds is 5. The van der Waals surface area contributed by atoms with Gasteiger partial charge >= 0.3 is 5.97 Å². The number of piperazine rings is 1. The molecule has 1 aliphatic heterocycles. The fourth-order valence-corrected chi connectivity index (χ4v) is 3.63. The smallest absolute Gasteiger partial charge is 0.337 e. The van der Waals surface area contributed by atoms with Gasteiger partial charge in [0.1, 0.15) is 11.0 Å². The zero-order chi connectivity index (χ0) is 20.4. The normalized spacial score (nSPS) is 14.3. The molecule has 1 saturated heterocycles. The third-order valence-corrected chi connectivity index (χ3v) is 5.15. The molecule has 0 bridgehead atoms. The van der Waals surface area contributed by atoms with Gasteiger partial charge in [0.15, 0.2) is 0 Å². The first kappa shape index (κ1) is 19.1. The van der Waals surface area contributed by atoms with Crippen molar-refractivity contribution in [3.63, 3.8) is 0 Å². The first-order valence-electron chi connectivity index (χ1n) is 9.71. The van der Waals surface area contributed by atoms with Crippen molar-refractivity contribution in [2.45, 2.75) is 20.0 Å². The van der Waals surface area contributed by atoms with Gasteiger partial charge in [0.25, 0.3) is 5.56 Å². The Labute approximate surface area is 167 Å². The number of hydrogen-bond donors (Lipinski definition) is 1. The molecule has 9 nitrogen and oxygen atoms in total. The Morgan fingerprint density at radius 3 is 2.59 bits per heavy atom. The third-order valence-electron chi connectivity index (χ3n) is 5.15. The zero-order valence-electron chi connectivity index (χ0n) is 16.6. The molecule has 0 radical (unpaired) electrons. The zero-order valence-corrected chi connectivity index (χ0v) is 16.6. The van der Waals surface area contributed by atoms with Gasteiger partial charge < -0.3 is 19.5 Å². The number of aromatic nitrogens is 4. The van der Waals surface area contributed by atoms with Crippen molar-refractivity contribution < 1.29 is 9.53 Å². The quantitative estimate of drug-likeness (QED) is 0.639. The molecule has 0 saturated carbocycles. The summed E-state index contributed by atoms with van der Waals surface area (Å²) in [5.74, 6) is 0.434. The summed E-state index contributed by atoms with van der Waals surface area (Å²) in [4.78, 5) is 31.6. The highest BCUT2D eigenvalue weighted by Gasteiger charge is 2.21. The molecule has 29 heavy (non-hydrogen) atoms. The van der Waals surface area contributed by atoms with E-state index in [1.54, 1.807) is 30.5 Å². The summed E-state index contributed by atoms with van der Waals surface area (Å²) in [6.07, 6.45) is 1.65. The van der Waals surface area contributed by atoms with Crippen LogP contribution in [0.2, 0.25) is 0 Å². The molecule has 0 spiro atoms. The maximum Gasteiger partial charge on any atom is 0.337 e. The van der Waals surface area contributed by atoms with Gasteiger partial charge in [-0.15, -0.1) is 0 Å². The summed E-state index contributed by atoms with van der Waals surface area (Å²) in [7, 11) is 1.35. The lowest BCUT2D eigenvalue weighted by Gasteiger charge is -2.28. The van der Waals surface area contributed by atoms with Crippen LogP contribution in [0.25, 0.3) is 11.0 Å². The average molecular weight is 396 g/mol. The minimum Gasteiger partial charge on any atom is -0.465 e. The Bertz CT molecular complexity index is 1080. The number of nitrogens with zero attached hydrogens (tertiary/aromatic N) is 5. The van der Waals surface area contributed by atoms with Crippen molar-refractivity contribution in [1.29, 1.82) is 0 Å². The number of fused-ring (bicyclic) bond motifs is 1. The highest BCUT2D eigenvalue weighted by molar-refractivity contribution is 5.89. The minimum atomic E-state index is -0.388. The lowest BCUT2D eigenvalue weighted by Crippen LogP contribution is -2.44. The molecule has 1 aromatic carbocycles. The van der Waals surface area contributed by atoms with Crippen molar-refractivity contribution in [3.8, 4) is 0 Å². The largest absolute Gasteiger partial charge is 0.465 e. The van der Waals surface area contributed by atoms with Crippen LogP contribution in [0.4, 0.5) is 5.95 Å². The summed E-state index contributed by atoms with van der Waals surface area (Å²) >= 11 is 0. The van der Waals surface area contributed by atoms with Crippen molar-refractivity contribution >= 4 is 23.0 Å². The van der Waals surface area contributed by atoms with E-state index in [9.17, 15) is 9.59 Å². The second kappa shape index (κ2) is 8.04. The number of ether oxygens (including phenoxy) is 1. The van der Waals surface area contributed by atoms with E-state index < -0.39 is 0 Å². The van der Waals surface area contributed by atoms with Crippen LogP contribution in [0.1, 0.15) is 22.8 Å². The minimum absolute atomic E-state index is 0.171. The van der Waals surface area contributed by atoms with E-state index in [0.29, 0.717) is 29.7 Å². The second-order valence-corrected chi connectivity index (χ2v) is 6.92. The lowest BCUT2D eigenvalue weighted by molar-refractivity contribution is 0.0600. The molecule has 2 aromatic heterocycles. The molecule has 0 aliphatic carbocycles. The predicted octanol–water partition coefficient (Wildman–Crippen LogP) is 0.857. The number of methoxy groups -OCH3 is 1. The first-order valence-corrected chi connectivity index (χ1v) is 9.71. The average Bonchev–Trinajstić information content (AvgIpc) is 3.15. The molecule has 3 heterocycles. The van der Waals surface area contributed by atoms with Gasteiger partial charge in [-0.3, -0.25) is 4.79 Å². The SMILES string of the molecule is CCn1c(N2CCNCC2)nc2cnn(Cc3ccc(C(=O)OC)cc3)c(=O)c21. The Morgan fingerprint density at radius 1 is 1.21 bits per heavy atom. The van der Waals surface area contributed by atoms with Crippen LogP contribution in [0.15, 0.2) is 35.3 Å². The van der Waals surface area contributed by atoms with E-state index in [-0.39, 0.29) is 11.5 Å². The van der Waals surface area contributed by atoms with Gasteiger partial charge in [-0.2, -0.15) is 5.10 Å². The van der Waals surface area contributed by atoms with Gasteiger partial charge in [-0.1, -0.05) is 12.1 Å². The van der Waals surface area contributed by atoms with Gasteiger partial charge in [0, 0.05) is 32.7 Å². The summed E-state index contributed by atoms with van der Waals surface area (Å²) in [6, 6.07) is 6.97. The summed E-state index contributed by atoms with van der Waals surface area (Å²) in [5, 5.41) is 7.65. The standard InChI is InChI=1S/C20H24N6O3/c1-3-25-17-16(23-20(25)24-10-8-21-9-11-24)12-22-26(18(17)27)13-14-4-6-15(7-5-14)19(28)29-2/h4-7,12,21H,3,8-11,13H2,1-2H3. The number of carbonyl (C=O) groups is 1. The van der Waals surface area contributed by atoms with Crippen LogP contribution >= 0.6 is 0 Å². The van der Waals surface area contributed by atoms with Crippen LogP contribution < -0.4 is 15.8 Å². The number of hydrogen-bond acceptors (Lipinski definition) is 7. The number of anilines is 1. The molecule has 0 amide bonds. The molecule has 0 unspecified atom stereocenters. The van der Waals surface area contributed by atoms with Crippen molar-refractivity contribution in [2.24, 2.45) is 0 Å². The number of benzene rings is 1. The van der Waals surface area contributed by atoms with Crippen LogP contribution in [0, 0.1) is 0 Å². The van der Waals surface area contributed by atoms with Gasteiger partial charge in [-0.25, -0.2) is 14.5 Å². The third kappa shape index (κ3) is 3.61. The number of imidazole rings is 1. The Balaban J connectivity index is 1.68. The monoisotopic (exact) mass is 396 g/mol. The number of nitrogens with one attached hydrogen (secondary N) is 1. The van der Waals surface area contributed by atoms with Crippen molar-refractivity contribution in [1.82, 2.24) is 24.6 Å². The van der Waals surface area contributed by atoms with Crippen LogP contribution in [0.3, 0.4) is 0 Å². The number of aryl methyl sites for hydroxylation is 1. The molecule has 1 fully saturated rings. The molecule has 4 rings (SSSR count). The van der Waals surface area contributed by atoms with Gasteiger partial charge in [0.2, 0.25) is 5.95 Å².